The number of ether oxygens (including phenoxy) is 2. The van der Waals surface area contributed by atoms with E-state index in [2.05, 4.69) is 56.6 Å². The lowest BCUT2D eigenvalue weighted by molar-refractivity contribution is 0.0846. The van der Waals surface area contributed by atoms with Gasteiger partial charge in [0.15, 0.2) is 0 Å². The third kappa shape index (κ3) is 6.24. The van der Waals surface area contributed by atoms with Crippen LogP contribution >= 0.6 is 31.9 Å². The van der Waals surface area contributed by atoms with Crippen LogP contribution in [0.15, 0.2) is 45.3 Å². The van der Waals surface area contributed by atoms with E-state index in [1.54, 1.807) is 43.5 Å². The van der Waals surface area contributed by atoms with E-state index in [0.29, 0.717) is 44.1 Å². The first-order valence-electron chi connectivity index (χ1n) is 8.68. The fraction of sp³-hybridized carbons (Fsp3) is 0.300. The zero-order valence-corrected chi connectivity index (χ0v) is 19.0. The molecule has 0 atom stereocenters. The summed E-state index contributed by atoms with van der Waals surface area (Å²) < 4.78 is 12.2. The predicted molar refractivity (Wildman–Crippen MR) is 115 cm³/mol. The first-order valence-corrected chi connectivity index (χ1v) is 10.3. The molecule has 2 amide bonds. The average molecular weight is 514 g/mol. The minimum atomic E-state index is -0.440. The van der Waals surface area contributed by atoms with Gasteiger partial charge in [0.25, 0.3) is 11.8 Å². The van der Waals surface area contributed by atoms with Crippen molar-refractivity contribution in [1.82, 2.24) is 10.9 Å². The van der Waals surface area contributed by atoms with Crippen LogP contribution in [0.4, 0.5) is 0 Å². The molecule has 0 aliphatic carbocycles. The topological polar surface area (TPSA) is 76.7 Å². The molecular weight excluding hydrogens is 492 g/mol. The number of hydrazine groups is 1. The van der Waals surface area contributed by atoms with Gasteiger partial charge in [-0.25, -0.2) is 0 Å². The van der Waals surface area contributed by atoms with E-state index >= 15 is 0 Å². The summed E-state index contributed by atoms with van der Waals surface area (Å²) in [6.07, 6.45) is 0.947. The highest BCUT2D eigenvalue weighted by Gasteiger charge is 2.13. The van der Waals surface area contributed by atoms with Gasteiger partial charge in [0.2, 0.25) is 0 Å². The highest BCUT2D eigenvalue weighted by atomic mass is 79.9. The Balaban J connectivity index is 1.94. The summed E-state index contributed by atoms with van der Waals surface area (Å²) in [6.45, 7) is 4.87. The first kappa shape index (κ1) is 22.2. The summed E-state index contributed by atoms with van der Waals surface area (Å²) in [5, 5.41) is 0. The number of benzene rings is 2. The lowest BCUT2D eigenvalue weighted by atomic mass is 10.1. The molecule has 0 unspecified atom stereocenters. The van der Waals surface area contributed by atoms with Crippen LogP contribution in [0.5, 0.6) is 11.5 Å². The Morgan fingerprint density at radius 3 is 1.86 bits per heavy atom. The van der Waals surface area contributed by atoms with Gasteiger partial charge in [0.05, 0.1) is 22.7 Å². The van der Waals surface area contributed by atoms with Crippen molar-refractivity contribution in [1.29, 1.82) is 0 Å². The van der Waals surface area contributed by atoms with E-state index < -0.39 is 11.8 Å². The molecule has 0 aliphatic rings. The third-order valence-corrected chi connectivity index (χ3v) is 5.09. The maximum Gasteiger partial charge on any atom is 0.269 e. The van der Waals surface area contributed by atoms with Crippen molar-refractivity contribution in [2.24, 2.45) is 5.92 Å². The van der Waals surface area contributed by atoms with Gasteiger partial charge in [0, 0.05) is 11.1 Å². The molecule has 0 radical (unpaired) electrons. The molecule has 2 rings (SSSR count). The van der Waals surface area contributed by atoms with Crippen LogP contribution in [0.2, 0.25) is 0 Å². The van der Waals surface area contributed by atoms with Crippen LogP contribution in [0.1, 0.15) is 41.0 Å². The first-order chi connectivity index (χ1) is 13.3. The minimum absolute atomic E-state index is 0.378. The molecule has 0 bridgehead atoms. The van der Waals surface area contributed by atoms with Crippen molar-refractivity contribution in [2.75, 3.05) is 13.7 Å². The quantitative estimate of drug-likeness (QED) is 0.525. The van der Waals surface area contributed by atoms with Gasteiger partial charge in [0.1, 0.15) is 11.5 Å². The minimum Gasteiger partial charge on any atom is -0.496 e. The standard InChI is InChI=1S/C20H22Br2N2O4/c1-12(2)8-9-28-18-7-5-14(11-16(18)22)20(26)24-23-19(25)13-4-6-17(27-3)15(21)10-13/h4-7,10-12H,8-9H2,1-3H3,(H,23,25)(H,24,26). The summed E-state index contributed by atoms with van der Waals surface area (Å²) >= 11 is 6.73. The lowest BCUT2D eigenvalue weighted by Crippen LogP contribution is -2.41. The van der Waals surface area contributed by atoms with Crippen LogP contribution in [0.3, 0.4) is 0 Å². The molecule has 8 heteroatoms. The highest BCUT2D eigenvalue weighted by Crippen LogP contribution is 2.27. The summed E-state index contributed by atoms with van der Waals surface area (Å²) in [4.78, 5) is 24.5. The molecule has 0 fully saturated rings. The molecule has 150 valence electrons. The molecule has 2 aromatic rings. The number of nitrogens with one attached hydrogen (secondary N) is 2. The van der Waals surface area contributed by atoms with E-state index in [0.717, 1.165) is 6.42 Å². The largest absolute Gasteiger partial charge is 0.496 e. The Hall–Kier alpha value is -2.06. The second kappa shape index (κ2) is 10.5. The monoisotopic (exact) mass is 512 g/mol. The van der Waals surface area contributed by atoms with Gasteiger partial charge in [-0.2, -0.15) is 0 Å². The van der Waals surface area contributed by atoms with E-state index in [1.165, 1.54) is 0 Å². The Morgan fingerprint density at radius 1 is 0.929 bits per heavy atom. The van der Waals surface area contributed by atoms with E-state index in [4.69, 9.17) is 9.47 Å². The maximum absolute atomic E-state index is 12.3. The van der Waals surface area contributed by atoms with Crippen molar-refractivity contribution < 1.29 is 19.1 Å². The molecule has 2 N–H and O–H groups in total. The highest BCUT2D eigenvalue weighted by molar-refractivity contribution is 9.10. The smallest absolute Gasteiger partial charge is 0.269 e. The van der Waals surface area contributed by atoms with Gasteiger partial charge >= 0.3 is 0 Å². The van der Waals surface area contributed by atoms with Crippen LogP contribution in [0.25, 0.3) is 0 Å². The lowest BCUT2D eigenvalue weighted by Gasteiger charge is -2.12. The summed E-state index contributed by atoms with van der Waals surface area (Å²) in [5.41, 5.74) is 5.57. The van der Waals surface area contributed by atoms with Gasteiger partial charge in [-0.1, -0.05) is 13.8 Å². The number of amides is 2. The zero-order valence-electron chi connectivity index (χ0n) is 15.8. The van der Waals surface area contributed by atoms with Crippen LogP contribution < -0.4 is 20.3 Å². The van der Waals surface area contributed by atoms with Crippen molar-refractivity contribution in [3.05, 3.63) is 56.5 Å². The summed E-state index contributed by atoms with van der Waals surface area (Å²) in [7, 11) is 1.54. The fourth-order valence-corrected chi connectivity index (χ4v) is 3.26. The molecule has 0 aliphatic heterocycles. The molecule has 0 aromatic heterocycles. The Kier molecular flexibility index (Phi) is 8.32. The molecule has 0 saturated carbocycles. The number of rotatable bonds is 7. The normalized spacial score (nSPS) is 10.5. The second-order valence-corrected chi connectivity index (χ2v) is 8.14. The van der Waals surface area contributed by atoms with Crippen molar-refractivity contribution in [2.45, 2.75) is 20.3 Å². The van der Waals surface area contributed by atoms with Crippen LogP contribution in [0, 0.1) is 5.92 Å². The van der Waals surface area contributed by atoms with Crippen molar-refractivity contribution >= 4 is 43.7 Å². The Morgan fingerprint density at radius 2 is 1.43 bits per heavy atom. The summed E-state index contributed by atoms with van der Waals surface area (Å²) in [6, 6.07) is 9.89. The number of carbonyl (C=O) groups is 2. The van der Waals surface area contributed by atoms with Crippen LogP contribution in [-0.2, 0) is 0 Å². The molecule has 0 spiro atoms. The third-order valence-electron chi connectivity index (χ3n) is 3.85. The number of hydrogen-bond acceptors (Lipinski definition) is 4. The Bertz CT molecular complexity index is 856. The predicted octanol–water partition coefficient (Wildman–Crippen LogP) is 4.72. The van der Waals surface area contributed by atoms with Crippen molar-refractivity contribution in [3.8, 4) is 11.5 Å². The maximum atomic E-state index is 12.3. The second-order valence-electron chi connectivity index (χ2n) is 6.43. The Labute approximate surface area is 181 Å². The van der Waals surface area contributed by atoms with Gasteiger partial charge in [-0.05, 0) is 80.6 Å². The van der Waals surface area contributed by atoms with Crippen LogP contribution in [-0.4, -0.2) is 25.5 Å². The SMILES string of the molecule is COc1ccc(C(=O)NNC(=O)c2ccc(OCCC(C)C)c(Br)c2)cc1Br. The molecular formula is C20H22Br2N2O4. The number of methoxy groups -OCH3 is 1. The number of halogens is 2. The average Bonchev–Trinajstić information content (AvgIpc) is 2.66. The molecule has 0 heterocycles. The van der Waals surface area contributed by atoms with Gasteiger partial charge < -0.3 is 9.47 Å². The molecule has 2 aromatic carbocycles. The molecule has 28 heavy (non-hydrogen) atoms. The zero-order chi connectivity index (χ0) is 20.7. The molecule has 6 nitrogen and oxygen atoms in total. The summed E-state index contributed by atoms with van der Waals surface area (Å²) in [5.74, 6) is 0.962. The van der Waals surface area contributed by atoms with Crippen molar-refractivity contribution in [3.63, 3.8) is 0 Å². The molecule has 0 saturated heterocycles. The van der Waals surface area contributed by atoms with Gasteiger partial charge in [-0.15, -0.1) is 0 Å². The number of hydrogen-bond donors (Lipinski definition) is 2. The van der Waals surface area contributed by atoms with E-state index in [9.17, 15) is 9.59 Å². The fourth-order valence-electron chi connectivity index (χ4n) is 2.23. The number of carbonyl (C=O) groups excluding carboxylic acids is 2. The van der Waals surface area contributed by atoms with Gasteiger partial charge in [-0.3, -0.25) is 20.4 Å². The van der Waals surface area contributed by atoms with E-state index in [1.807, 2.05) is 0 Å². The van der Waals surface area contributed by atoms with E-state index in [-0.39, 0.29) is 0 Å².